The summed E-state index contributed by atoms with van der Waals surface area (Å²) in [7, 11) is 0. The molecule has 1 aliphatic heterocycles. The molecule has 2 rings (SSSR count). The number of amides is 1. The molecule has 1 aromatic rings. The second-order valence-electron chi connectivity index (χ2n) is 4.63. The number of carbonyl (C=O) groups is 2. The number of aliphatic carboxylic acids is 1. The summed E-state index contributed by atoms with van der Waals surface area (Å²) in [6.45, 7) is -0.501. The summed E-state index contributed by atoms with van der Waals surface area (Å²) < 4.78 is 42.8. The van der Waals surface area contributed by atoms with Crippen molar-refractivity contribution in [1.29, 1.82) is 0 Å². The molecule has 2 heterocycles. The van der Waals surface area contributed by atoms with Gasteiger partial charge in [0.1, 0.15) is 6.54 Å². The van der Waals surface area contributed by atoms with Crippen molar-refractivity contribution in [2.45, 2.75) is 24.7 Å². The minimum absolute atomic E-state index is 0.0982. The highest BCUT2D eigenvalue weighted by Gasteiger charge is 2.44. The normalized spacial score (nSPS) is 22.2. The van der Waals surface area contributed by atoms with Crippen LogP contribution in [0.25, 0.3) is 0 Å². The molecule has 7 nitrogen and oxygen atoms in total. The van der Waals surface area contributed by atoms with E-state index in [1.54, 1.807) is 0 Å². The predicted octanol–water partition coefficient (Wildman–Crippen LogP) is 0.262. The van der Waals surface area contributed by atoms with Crippen LogP contribution < -0.4 is 5.32 Å². The van der Waals surface area contributed by atoms with E-state index in [1.807, 2.05) is 0 Å². The maximum Gasteiger partial charge on any atom is 0.435 e. The Morgan fingerprint density at radius 2 is 2.24 bits per heavy atom. The molecule has 2 N–H and O–H groups in total. The van der Waals surface area contributed by atoms with Crippen LogP contribution in [0.5, 0.6) is 0 Å². The number of aromatic nitrogens is 2. The lowest BCUT2D eigenvalue weighted by molar-refractivity contribution is -0.147. The number of hydrogen-bond acceptors (Lipinski definition) is 4. The molecule has 0 aliphatic carbocycles. The standard InChI is InChI=1S/C11H12F3N3O4/c12-11(13,14)7-1-3-17(16-7)5-8(18)15-10(9(19)20)2-4-21-6-10/h1,3H,2,4-6H2,(H,15,18)(H,19,20). The number of nitrogens with one attached hydrogen (secondary N) is 1. The molecule has 1 fully saturated rings. The first kappa shape index (κ1) is 15.3. The minimum Gasteiger partial charge on any atom is -0.479 e. The van der Waals surface area contributed by atoms with Gasteiger partial charge in [-0.3, -0.25) is 9.48 Å². The van der Waals surface area contributed by atoms with Crippen LogP contribution >= 0.6 is 0 Å². The van der Waals surface area contributed by atoms with Crippen LogP contribution in [0.2, 0.25) is 0 Å². The molecule has 21 heavy (non-hydrogen) atoms. The number of rotatable bonds is 4. The van der Waals surface area contributed by atoms with Gasteiger partial charge in [0, 0.05) is 19.2 Å². The maximum atomic E-state index is 12.4. The van der Waals surface area contributed by atoms with Crippen LogP contribution in [-0.2, 0) is 27.0 Å². The quantitative estimate of drug-likeness (QED) is 0.832. The van der Waals surface area contributed by atoms with Gasteiger partial charge < -0.3 is 15.2 Å². The molecule has 1 amide bonds. The van der Waals surface area contributed by atoms with E-state index >= 15 is 0 Å². The second-order valence-corrected chi connectivity index (χ2v) is 4.63. The Morgan fingerprint density at radius 1 is 1.52 bits per heavy atom. The molecule has 0 saturated carbocycles. The van der Waals surface area contributed by atoms with E-state index in [2.05, 4.69) is 10.4 Å². The summed E-state index contributed by atoms with van der Waals surface area (Å²) in [5.74, 6) is -2.00. The van der Waals surface area contributed by atoms with Crippen LogP contribution in [0.1, 0.15) is 12.1 Å². The zero-order valence-corrected chi connectivity index (χ0v) is 10.7. The monoisotopic (exact) mass is 307 g/mol. The van der Waals surface area contributed by atoms with Gasteiger partial charge in [0.2, 0.25) is 5.91 Å². The third kappa shape index (κ3) is 3.32. The first-order valence-electron chi connectivity index (χ1n) is 5.96. The largest absolute Gasteiger partial charge is 0.479 e. The molecule has 1 atom stereocenters. The molecular weight excluding hydrogens is 295 g/mol. The molecule has 0 spiro atoms. The van der Waals surface area contributed by atoms with E-state index in [4.69, 9.17) is 9.84 Å². The fraction of sp³-hybridized carbons (Fsp3) is 0.545. The molecule has 116 valence electrons. The van der Waals surface area contributed by atoms with Crippen molar-refractivity contribution in [3.05, 3.63) is 18.0 Å². The van der Waals surface area contributed by atoms with E-state index in [-0.39, 0.29) is 19.6 Å². The Balaban J connectivity index is 2.01. The van der Waals surface area contributed by atoms with E-state index in [0.717, 1.165) is 16.9 Å². The molecule has 1 aliphatic rings. The smallest absolute Gasteiger partial charge is 0.435 e. The van der Waals surface area contributed by atoms with Crippen molar-refractivity contribution in [1.82, 2.24) is 15.1 Å². The van der Waals surface area contributed by atoms with Gasteiger partial charge in [0.15, 0.2) is 11.2 Å². The fourth-order valence-corrected chi connectivity index (χ4v) is 1.94. The van der Waals surface area contributed by atoms with Gasteiger partial charge in [-0.15, -0.1) is 0 Å². The first-order valence-corrected chi connectivity index (χ1v) is 5.96. The van der Waals surface area contributed by atoms with Crippen molar-refractivity contribution in [2.75, 3.05) is 13.2 Å². The number of carboxylic acids is 1. The highest BCUT2D eigenvalue weighted by molar-refractivity contribution is 5.87. The molecule has 1 aromatic heterocycles. The number of nitrogens with zero attached hydrogens (tertiary/aromatic N) is 2. The van der Waals surface area contributed by atoms with Crippen LogP contribution in [0.15, 0.2) is 12.3 Å². The third-order valence-electron chi connectivity index (χ3n) is 3.05. The van der Waals surface area contributed by atoms with Gasteiger partial charge in [-0.1, -0.05) is 0 Å². The minimum atomic E-state index is -4.59. The van der Waals surface area contributed by atoms with Crippen molar-refractivity contribution in [3.8, 4) is 0 Å². The SMILES string of the molecule is O=C(Cn1ccc(C(F)(F)F)n1)NC1(C(=O)O)CCOC1. The van der Waals surface area contributed by atoms with Crippen LogP contribution in [-0.4, -0.2) is 45.5 Å². The third-order valence-corrected chi connectivity index (χ3v) is 3.05. The molecule has 0 bridgehead atoms. The van der Waals surface area contributed by atoms with Crippen LogP contribution in [0.4, 0.5) is 13.2 Å². The van der Waals surface area contributed by atoms with Crippen LogP contribution in [0.3, 0.4) is 0 Å². The summed E-state index contributed by atoms with van der Waals surface area (Å²) in [6.07, 6.45) is -3.49. The zero-order chi connectivity index (χ0) is 15.7. The average Bonchev–Trinajstić information content (AvgIpc) is 2.97. The summed E-state index contributed by atoms with van der Waals surface area (Å²) in [5.41, 5.74) is -2.65. The number of alkyl halides is 3. The summed E-state index contributed by atoms with van der Waals surface area (Å²) in [6, 6.07) is 0.735. The van der Waals surface area contributed by atoms with Crippen molar-refractivity contribution < 1.29 is 32.6 Å². The molecule has 1 unspecified atom stereocenters. The maximum absolute atomic E-state index is 12.4. The number of carboxylic acid groups (broad SMARTS) is 1. The molecule has 0 radical (unpaired) electrons. The van der Waals surface area contributed by atoms with Gasteiger partial charge in [-0.2, -0.15) is 18.3 Å². The van der Waals surface area contributed by atoms with E-state index in [1.165, 1.54) is 0 Å². The lowest BCUT2D eigenvalue weighted by Gasteiger charge is -2.23. The number of ether oxygens (including phenoxy) is 1. The lowest BCUT2D eigenvalue weighted by atomic mass is 9.99. The molecule has 10 heteroatoms. The second kappa shape index (κ2) is 5.35. The number of carbonyl (C=O) groups excluding carboxylic acids is 1. The number of hydrogen-bond donors (Lipinski definition) is 2. The summed E-state index contributed by atoms with van der Waals surface area (Å²) in [5, 5.41) is 14.6. The van der Waals surface area contributed by atoms with E-state index < -0.39 is 35.8 Å². The Bertz CT molecular complexity index is 549. The zero-order valence-electron chi connectivity index (χ0n) is 10.7. The topological polar surface area (TPSA) is 93.5 Å². The van der Waals surface area contributed by atoms with Gasteiger partial charge in [-0.05, 0) is 6.07 Å². The Hall–Kier alpha value is -2.10. The fourth-order valence-electron chi connectivity index (χ4n) is 1.94. The molecular formula is C11H12F3N3O4. The summed E-state index contributed by atoms with van der Waals surface area (Å²) in [4.78, 5) is 22.9. The van der Waals surface area contributed by atoms with Crippen molar-refractivity contribution in [3.63, 3.8) is 0 Å². The first-order chi connectivity index (χ1) is 9.73. The Morgan fingerprint density at radius 3 is 2.71 bits per heavy atom. The van der Waals surface area contributed by atoms with E-state index in [9.17, 15) is 22.8 Å². The van der Waals surface area contributed by atoms with Gasteiger partial charge in [0.05, 0.1) is 6.61 Å². The van der Waals surface area contributed by atoms with Crippen molar-refractivity contribution in [2.24, 2.45) is 0 Å². The van der Waals surface area contributed by atoms with Gasteiger partial charge in [-0.25, -0.2) is 4.79 Å². The van der Waals surface area contributed by atoms with Crippen LogP contribution in [0, 0.1) is 0 Å². The van der Waals surface area contributed by atoms with Gasteiger partial charge in [0.25, 0.3) is 0 Å². The van der Waals surface area contributed by atoms with E-state index in [0.29, 0.717) is 0 Å². The van der Waals surface area contributed by atoms with Gasteiger partial charge >= 0.3 is 12.1 Å². The molecule has 0 aromatic carbocycles. The Labute approximate surface area is 116 Å². The summed E-state index contributed by atoms with van der Waals surface area (Å²) >= 11 is 0. The highest BCUT2D eigenvalue weighted by Crippen LogP contribution is 2.27. The average molecular weight is 307 g/mol. The highest BCUT2D eigenvalue weighted by atomic mass is 19.4. The van der Waals surface area contributed by atoms with Crippen molar-refractivity contribution >= 4 is 11.9 Å². The number of halogens is 3. The lowest BCUT2D eigenvalue weighted by Crippen LogP contribution is -2.55. The molecule has 1 saturated heterocycles. The predicted molar refractivity (Wildman–Crippen MR) is 61.2 cm³/mol. The Kier molecular flexibility index (Phi) is 3.90.